The molecule has 1 atom stereocenters. The molecule has 0 spiro atoms. The van der Waals surface area contributed by atoms with Crippen LogP contribution in [0.3, 0.4) is 0 Å². The number of rotatable bonds is 9. The van der Waals surface area contributed by atoms with Gasteiger partial charge in [0.15, 0.2) is 5.60 Å². The van der Waals surface area contributed by atoms with E-state index in [4.69, 9.17) is 25.6 Å². The number of pyridine rings is 2. The van der Waals surface area contributed by atoms with Gasteiger partial charge in [-0.1, -0.05) is 39.8 Å². The number of cyclic esters (lactones) is 1. The summed E-state index contributed by atoms with van der Waals surface area (Å²) in [6, 6.07) is 15.2. The molecule has 1 fully saturated rings. The maximum atomic E-state index is 13.4. The lowest BCUT2D eigenvalue weighted by Gasteiger charge is -2.34. The number of piperidine rings is 1. The number of carbonyl (C=O) groups is 4. The van der Waals surface area contributed by atoms with Gasteiger partial charge in [-0.15, -0.1) is 0 Å². The van der Waals surface area contributed by atoms with Gasteiger partial charge in [-0.05, 0) is 90.8 Å². The Bertz CT molecular complexity index is 2750. The standard InChI is InChI=1S/C25H30N4O5.C23H22N2O5/c1-15(2)19-12-20(22(32)13-21(19)31)24(26)29(25(27)34)18-5-3-16(4-6-18)11-23(33)28-9-7-17(14-30)8-10-28;1-4-13-14-8-12(26)6-7-18(14)24-20-15(13)10-25-19(20)9-17-16(21(25)27)11-30-22(28)23(17,5-2)29-3/h3-6,12-15,17,26,31-32H,7-11H2,1-2H3,(H2,27,34);6-9,26H,4-5,10-11H2,1-3H3. The van der Waals surface area contributed by atoms with E-state index in [1.807, 2.05) is 26.8 Å². The number of benzene rings is 3. The average molecular weight is 873 g/mol. The number of likely N-dealkylation sites (tertiary alicyclic amines) is 1. The minimum Gasteiger partial charge on any atom is -0.508 e. The second-order valence-corrected chi connectivity index (χ2v) is 16.5. The lowest BCUT2D eigenvalue weighted by atomic mass is 9.85. The Labute approximate surface area is 369 Å². The molecule has 5 heterocycles. The number of aromatic nitrogens is 2. The zero-order chi connectivity index (χ0) is 46.2. The van der Waals surface area contributed by atoms with Gasteiger partial charge in [0, 0.05) is 48.7 Å². The van der Waals surface area contributed by atoms with Gasteiger partial charge in [-0.2, -0.15) is 0 Å². The summed E-state index contributed by atoms with van der Waals surface area (Å²) in [5.74, 6) is -1.17. The Morgan fingerprint density at radius 1 is 1.02 bits per heavy atom. The monoisotopic (exact) mass is 872 g/mol. The molecule has 5 aromatic rings. The lowest BCUT2D eigenvalue weighted by Crippen LogP contribution is -2.45. The number of amidine groups is 1. The Hall–Kier alpha value is -7.07. The van der Waals surface area contributed by atoms with Crippen LogP contribution < -0.4 is 16.2 Å². The Morgan fingerprint density at radius 2 is 1.72 bits per heavy atom. The number of fused-ring (bicyclic) bond motifs is 5. The Balaban J connectivity index is 0.000000192. The molecule has 3 aromatic carbocycles. The number of aldehydes is 1. The average Bonchev–Trinajstić information content (AvgIpc) is 3.64. The largest absolute Gasteiger partial charge is 0.508 e. The van der Waals surface area contributed by atoms with Gasteiger partial charge in [0.05, 0.1) is 46.7 Å². The highest BCUT2D eigenvalue weighted by molar-refractivity contribution is 6.22. The summed E-state index contributed by atoms with van der Waals surface area (Å²) in [7, 11) is 1.46. The van der Waals surface area contributed by atoms with E-state index in [1.54, 1.807) is 51.9 Å². The molecule has 16 heteroatoms. The molecule has 2 aromatic heterocycles. The van der Waals surface area contributed by atoms with Crippen molar-refractivity contribution in [2.24, 2.45) is 11.7 Å². The van der Waals surface area contributed by atoms with Crippen LogP contribution >= 0.6 is 0 Å². The SMILES string of the molecule is CC(C)c1cc(C(=N)N(C(N)=O)c2ccc(CC(=O)N3CCC(C=O)CC3)cc2)c(O)cc1O.CCc1c2c(nc3ccc(O)cc13)-c1cc3c(c(=O)n1C2)COC(=O)C3(CC)OC. The van der Waals surface area contributed by atoms with Crippen LogP contribution in [0, 0.1) is 11.3 Å². The number of methoxy groups -OCH3 is 1. The topological polar surface area (TPSA) is 239 Å². The van der Waals surface area contributed by atoms with E-state index in [1.165, 1.54) is 13.2 Å². The van der Waals surface area contributed by atoms with Gasteiger partial charge in [0.1, 0.15) is 36.0 Å². The molecule has 8 rings (SSSR count). The summed E-state index contributed by atoms with van der Waals surface area (Å²) < 4.78 is 12.6. The van der Waals surface area contributed by atoms with E-state index in [-0.39, 0.29) is 65.0 Å². The van der Waals surface area contributed by atoms with E-state index in [9.17, 15) is 39.3 Å². The first-order chi connectivity index (χ1) is 30.6. The van der Waals surface area contributed by atoms with Gasteiger partial charge in [-0.25, -0.2) is 19.5 Å². The molecule has 1 unspecified atom stereocenters. The van der Waals surface area contributed by atoms with Crippen LogP contribution in [-0.2, 0) is 55.5 Å². The van der Waals surface area contributed by atoms with Gasteiger partial charge in [0.2, 0.25) is 5.91 Å². The maximum Gasteiger partial charge on any atom is 0.343 e. The van der Waals surface area contributed by atoms with Crippen molar-refractivity contribution in [3.05, 3.63) is 110 Å². The highest BCUT2D eigenvalue weighted by atomic mass is 16.6. The number of hydrogen-bond donors (Lipinski definition) is 5. The number of aromatic hydroxyl groups is 3. The molecule has 3 amide bonds. The van der Waals surface area contributed by atoms with Gasteiger partial charge >= 0.3 is 12.0 Å². The van der Waals surface area contributed by atoms with Crippen molar-refractivity contribution >= 4 is 46.6 Å². The summed E-state index contributed by atoms with van der Waals surface area (Å²) in [6.45, 7) is 9.06. The highest BCUT2D eigenvalue weighted by Gasteiger charge is 2.47. The van der Waals surface area contributed by atoms with Crippen molar-refractivity contribution < 1.29 is 44.0 Å². The van der Waals surface area contributed by atoms with Gasteiger partial charge in [-0.3, -0.25) is 15.0 Å². The number of hydrogen-bond acceptors (Lipinski definition) is 12. The number of phenols is 3. The van der Waals surface area contributed by atoms with E-state index >= 15 is 0 Å². The van der Waals surface area contributed by atoms with Crippen LogP contribution in [0.15, 0.2) is 65.5 Å². The number of esters is 1. The number of amides is 3. The maximum absolute atomic E-state index is 13.4. The molecule has 3 aliphatic rings. The predicted molar refractivity (Wildman–Crippen MR) is 239 cm³/mol. The number of primary amides is 1. The van der Waals surface area contributed by atoms with Crippen LogP contribution in [0.2, 0.25) is 0 Å². The van der Waals surface area contributed by atoms with E-state index in [0.717, 1.165) is 57.0 Å². The van der Waals surface area contributed by atoms with E-state index < -0.39 is 17.6 Å². The molecular weight excluding hydrogens is 821 g/mol. The Morgan fingerprint density at radius 3 is 2.33 bits per heavy atom. The molecule has 1 saturated heterocycles. The zero-order valence-corrected chi connectivity index (χ0v) is 36.4. The number of nitrogens with two attached hydrogens (primary N) is 1. The van der Waals surface area contributed by atoms with Crippen molar-refractivity contribution in [1.29, 1.82) is 5.41 Å². The number of phenolic OH excluding ortho intramolecular Hbond substituents is 3. The third-order valence-corrected chi connectivity index (χ3v) is 12.6. The summed E-state index contributed by atoms with van der Waals surface area (Å²) in [6.07, 6.45) is 3.57. The van der Waals surface area contributed by atoms with Crippen LogP contribution in [0.5, 0.6) is 17.2 Å². The van der Waals surface area contributed by atoms with Gasteiger partial charge in [0.25, 0.3) is 5.56 Å². The first-order valence-corrected chi connectivity index (χ1v) is 21.3. The second-order valence-electron chi connectivity index (χ2n) is 16.5. The fourth-order valence-corrected chi connectivity index (χ4v) is 8.95. The van der Waals surface area contributed by atoms with Crippen molar-refractivity contribution in [2.75, 3.05) is 25.1 Å². The predicted octanol–water partition coefficient (Wildman–Crippen LogP) is 6.11. The summed E-state index contributed by atoms with van der Waals surface area (Å²) >= 11 is 0. The first-order valence-electron chi connectivity index (χ1n) is 21.3. The van der Waals surface area contributed by atoms with Crippen LogP contribution in [-0.4, -0.2) is 80.0 Å². The number of anilines is 1. The molecule has 0 saturated carbocycles. The molecule has 0 aliphatic carbocycles. The summed E-state index contributed by atoms with van der Waals surface area (Å²) in [5.41, 5.74) is 10.9. The van der Waals surface area contributed by atoms with Crippen molar-refractivity contribution in [2.45, 2.75) is 84.5 Å². The lowest BCUT2D eigenvalue weighted by molar-refractivity contribution is -0.176. The van der Waals surface area contributed by atoms with Crippen LogP contribution in [0.4, 0.5) is 10.5 Å². The second kappa shape index (κ2) is 18.0. The first kappa shape index (κ1) is 45.0. The third kappa shape index (κ3) is 8.04. The molecule has 16 nitrogen and oxygen atoms in total. The molecule has 0 bridgehead atoms. The highest BCUT2D eigenvalue weighted by Crippen LogP contribution is 2.42. The number of ether oxygens (including phenoxy) is 2. The van der Waals surface area contributed by atoms with Crippen LogP contribution in [0.1, 0.15) is 91.8 Å². The minimum absolute atomic E-state index is 0.0167. The number of urea groups is 1. The number of nitrogens with one attached hydrogen (secondary N) is 1. The van der Waals surface area contributed by atoms with E-state index in [0.29, 0.717) is 67.0 Å². The van der Waals surface area contributed by atoms with Gasteiger partial charge < -0.3 is 44.8 Å². The summed E-state index contributed by atoms with van der Waals surface area (Å²) in [4.78, 5) is 69.3. The molecule has 3 aliphatic heterocycles. The third-order valence-electron chi connectivity index (χ3n) is 12.6. The quantitative estimate of drug-likeness (QED) is 0.0481. The van der Waals surface area contributed by atoms with Crippen molar-refractivity contribution in [3.63, 3.8) is 0 Å². The zero-order valence-electron chi connectivity index (χ0n) is 36.4. The number of nitrogens with zero attached hydrogens (tertiary/aromatic N) is 4. The fraction of sp³-hybridized carbons (Fsp3) is 0.354. The molecular formula is C48H52N6O10. The summed E-state index contributed by atoms with van der Waals surface area (Å²) in [5, 5.41) is 39.8. The number of carbonyl (C=O) groups excluding carboxylic acids is 4. The smallest absolute Gasteiger partial charge is 0.343 e. The molecule has 334 valence electrons. The molecule has 64 heavy (non-hydrogen) atoms. The normalized spacial score (nSPS) is 16.6. The fourth-order valence-electron chi connectivity index (χ4n) is 8.95. The molecule has 6 N–H and O–H groups in total. The van der Waals surface area contributed by atoms with Crippen molar-refractivity contribution in [1.82, 2.24) is 14.5 Å². The van der Waals surface area contributed by atoms with E-state index in [2.05, 4.69) is 6.92 Å². The number of aryl methyl sites for hydroxylation is 1. The minimum atomic E-state index is -1.29. The Kier molecular flexibility index (Phi) is 12.6. The van der Waals surface area contributed by atoms with Crippen LogP contribution in [0.25, 0.3) is 22.3 Å². The molecule has 0 radical (unpaired) electrons. The van der Waals surface area contributed by atoms with Crippen molar-refractivity contribution in [3.8, 4) is 28.6 Å².